The first kappa shape index (κ1) is 16.2. The largest absolute Gasteiger partial charge is 0.489 e. The van der Waals surface area contributed by atoms with Crippen LogP contribution in [0.15, 0.2) is 18.5 Å². The van der Waals surface area contributed by atoms with E-state index in [9.17, 15) is 0 Å². The van der Waals surface area contributed by atoms with Crippen LogP contribution in [0.4, 0.5) is 0 Å². The lowest BCUT2D eigenvalue weighted by Crippen LogP contribution is -2.42. The molecular formula is C17H28N2O2. The minimum atomic E-state index is 0.0434. The van der Waals surface area contributed by atoms with Crippen molar-refractivity contribution in [3.8, 4) is 5.75 Å². The number of methoxy groups -OCH3 is 1. The molecule has 4 heteroatoms. The third-order valence-electron chi connectivity index (χ3n) is 4.23. The van der Waals surface area contributed by atoms with Crippen LogP contribution in [-0.4, -0.2) is 30.3 Å². The van der Waals surface area contributed by atoms with E-state index in [-0.39, 0.29) is 17.7 Å². The molecular weight excluding hydrogens is 264 g/mol. The maximum Gasteiger partial charge on any atom is 0.138 e. The number of pyridine rings is 1. The van der Waals surface area contributed by atoms with Crippen LogP contribution in [0, 0.1) is 0 Å². The Hall–Kier alpha value is -1.13. The van der Waals surface area contributed by atoms with Crippen molar-refractivity contribution in [2.24, 2.45) is 0 Å². The molecule has 2 rings (SSSR count). The summed E-state index contributed by atoms with van der Waals surface area (Å²) >= 11 is 0. The van der Waals surface area contributed by atoms with E-state index in [4.69, 9.17) is 9.47 Å². The van der Waals surface area contributed by atoms with Crippen LogP contribution in [0.1, 0.15) is 58.1 Å². The molecule has 1 aromatic heterocycles. The Labute approximate surface area is 128 Å². The molecule has 0 radical (unpaired) electrons. The summed E-state index contributed by atoms with van der Waals surface area (Å²) in [6, 6.07) is 2.36. The fraction of sp³-hybridized carbons (Fsp3) is 0.706. The molecule has 0 aromatic carbocycles. The van der Waals surface area contributed by atoms with Crippen LogP contribution in [0.3, 0.4) is 0 Å². The first-order valence-corrected chi connectivity index (χ1v) is 7.98. The Morgan fingerprint density at radius 2 is 2.10 bits per heavy atom. The van der Waals surface area contributed by atoms with Crippen LogP contribution >= 0.6 is 0 Å². The number of rotatable bonds is 8. The van der Waals surface area contributed by atoms with Crippen LogP contribution in [0.2, 0.25) is 0 Å². The van der Waals surface area contributed by atoms with Gasteiger partial charge in [-0.05, 0) is 57.7 Å². The maximum absolute atomic E-state index is 5.78. The van der Waals surface area contributed by atoms with E-state index >= 15 is 0 Å². The summed E-state index contributed by atoms with van der Waals surface area (Å²) in [5, 5.41) is 3.56. The van der Waals surface area contributed by atoms with Crippen LogP contribution in [0.25, 0.3) is 0 Å². The Bertz CT molecular complexity index is 439. The average molecular weight is 292 g/mol. The fourth-order valence-corrected chi connectivity index (χ4v) is 2.95. The van der Waals surface area contributed by atoms with Gasteiger partial charge in [-0.3, -0.25) is 4.98 Å². The summed E-state index contributed by atoms with van der Waals surface area (Å²) < 4.78 is 11.5. The standard InChI is InChI=1S/C17H28N2O2/c1-5-19-16(10-17(20-4)7-6-8-17)14-9-15(12-18-11-14)21-13(2)3/h9,11-13,16,19H,5-8,10H2,1-4H3. The monoisotopic (exact) mass is 292 g/mol. The summed E-state index contributed by atoms with van der Waals surface area (Å²) in [5.41, 5.74) is 1.22. The van der Waals surface area contributed by atoms with Crippen LogP contribution < -0.4 is 10.1 Å². The molecule has 0 bridgehead atoms. The van der Waals surface area contributed by atoms with Gasteiger partial charge in [-0.25, -0.2) is 0 Å². The average Bonchev–Trinajstić information content (AvgIpc) is 2.41. The highest BCUT2D eigenvalue weighted by atomic mass is 16.5. The van der Waals surface area contributed by atoms with E-state index in [1.807, 2.05) is 27.2 Å². The van der Waals surface area contributed by atoms with E-state index in [1.54, 1.807) is 6.20 Å². The molecule has 1 fully saturated rings. The molecule has 1 N–H and O–H groups in total. The third kappa shape index (κ3) is 4.17. The van der Waals surface area contributed by atoms with E-state index < -0.39 is 0 Å². The zero-order valence-electron chi connectivity index (χ0n) is 13.7. The fourth-order valence-electron chi connectivity index (χ4n) is 2.95. The van der Waals surface area contributed by atoms with Crippen molar-refractivity contribution in [2.75, 3.05) is 13.7 Å². The Kier molecular flexibility index (Phi) is 5.59. The van der Waals surface area contributed by atoms with Crippen molar-refractivity contribution in [2.45, 2.75) is 64.2 Å². The number of hydrogen-bond donors (Lipinski definition) is 1. The summed E-state index contributed by atoms with van der Waals surface area (Å²) in [7, 11) is 1.83. The molecule has 1 aromatic rings. The smallest absolute Gasteiger partial charge is 0.138 e. The summed E-state index contributed by atoms with van der Waals surface area (Å²) in [6.07, 6.45) is 8.44. The molecule has 0 spiro atoms. The van der Waals surface area contributed by atoms with Gasteiger partial charge in [-0.15, -0.1) is 0 Å². The molecule has 4 nitrogen and oxygen atoms in total. The minimum absolute atomic E-state index is 0.0434. The summed E-state index contributed by atoms with van der Waals surface area (Å²) in [4.78, 5) is 4.33. The highest BCUT2D eigenvalue weighted by Crippen LogP contribution is 2.42. The van der Waals surface area contributed by atoms with Gasteiger partial charge >= 0.3 is 0 Å². The van der Waals surface area contributed by atoms with E-state index in [2.05, 4.69) is 23.3 Å². The molecule has 21 heavy (non-hydrogen) atoms. The lowest BCUT2D eigenvalue weighted by atomic mass is 9.75. The molecule has 1 aliphatic rings. The van der Waals surface area contributed by atoms with Gasteiger partial charge in [0.15, 0.2) is 0 Å². The van der Waals surface area contributed by atoms with E-state index in [1.165, 1.54) is 12.0 Å². The van der Waals surface area contributed by atoms with Crippen molar-refractivity contribution in [1.82, 2.24) is 10.3 Å². The number of hydrogen-bond acceptors (Lipinski definition) is 4. The highest BCUT2D eigenvalue weighted by molar-refractivity contribution is 5.26. The van der Waals surface area contributed by atoms with Gasteiger partial charge in [0.05, 0.1) is 17.9 Å². The number of nitrogens with one attached hydrogen (secondary N) is 1. The van der Waals surface area contributed by atoms with E-state index in [0.29, 0.717) is 0 Å². The number of nitrogens with zero attached hydrogens (tertiary/aromatic N) is 1. The molecule has 1 heterocycles. The summed E-state index contributed by atoms with van der Waals surface area (Å²) in [5.74, 6) is 0.838. The summed E-state index contributed by atoms with van der Waals surface area (Å²) in [6.45, 7) is 7.13. The zero-order chi connectivity index (χ0) is 15.3. The first-order chi connectivity index (χ1) is 10.1. The molecule has 0 amide bonds. The Morgan fingerprint density at radius 1 is 1.33 bits per heavy atom. The Balaban J connectivity index is 2.13. The van der Waals surface area contributed by atoms with Gasteiger partial charge in [0.1, 0.15) is 5.75 Å². The quantitative estimate of drug-likeness (QED) is 0.796. The number of aromatic nitrogens is 1. The van der Waals surface area contributed by atoms with Gasteiger partial charge in [0.25, 0.3) is 0 Å². The molecule has 0 aliphatic heterocycles. The van der Waals surface area contributed by atoms with Crippen LogP contribution in [0.5, 0.6) is 5.75 Å². The second kappa shape index (κ2) is 7.23. The van der Waals surface area contributed by atoms with Gasteiger partial charge < -0.3 is 14.8 Å². The second-order valence-electron chi connectivity index (χ2n) is 6.18. The van der Waals surface area contributed by atoms with Crippen molar-refractivity contribution < 1.29 is 9.47 Å². The van der Waals surface area contributed by atoms with E-state index in [0.717, 1.165) is 31.6 Å². The van der Waals surface area contributed by atoms with Gasteiger partial charge in [-0.2, -0.15) is 0 Å². The van der Waals surface area contributed by atoms with Crippen LogP contribution in [-0.2, 0) is 4.74 Å². The van der Waals surface area contributed by atoms with Crippen molar-refractivity contribution in [1.29, 1.82) is 0 Å². The van der Waals surface area contributed by atoms with Crippen molar-refractivity contribution in [3.63, 3.8) is 0 Å². The topological polar surface area (TPSA) is 43.4 Å². The maximum atomic E-state index is 5.78. The number of ether oxygens (including phenoxy) is 2. The van der Waals surface area contributed by atoms with Crippen molar-refractivity contribution >= 4 is 0 Å². The lowest BCUT2D eigenvalue weighted by Gasteiger charge is -2.43. The molecule has 1 aliphatic carbocycles. The second-order valence-corrected chi connectivity index (χ2v) is 6.18. The van der Waals surface area contributed by atoms with Gasteiger partial charge in [0.2, 0.25) is 0 Å². The molecule has 1 saturated carbocycles. The highest BCUT2D eigenvalue weighted by Gasteiger charge is 2.39. The normalized spacial score (nSPS) is 18.3. The molecule has 1 atom stereocenters. The molecule has 1 unspecified atom stereocenters. The minimum Gasteiger partial charge on any atom is -0.489 e. The van der Waals surface area contributed by atoms with Crippen molar-refractivity contribution in [3.05, 3.63) is 24.0 Å². The lowest BCUT2D eigenvalue weighted by molar-refractivity contribution is -0.0837. The zero-order valence-corrected chi connectivity index (χ0v) is 13.7. The Morgan fingerprint density at radius 3 is 2.62 bits per heavy atom. The van der Waals surface area contributed by atoms with Gasteiger partial charge in [-0.1, -0.05) is 6.92 Å². The van der Waals surface area contributed by atoms with Gasteiger partial charge in [0, 0.05) is 19.3 Å². The predicted octanol–water partition coefficient (Wildman–Crippen LogP) is 3.48. The third-order valence-corrected chi connectivity index (χ3v) is 4.23. The predicted molar refractivity (Wildman–Crippen MR) is 84.6 cm³/mol. The SMILES string of the molecule is CCNC(CC1(OC)CCC1)c1cncc(OC(C)C)c1. The molecule has 118 valence electrons. The first-order valence-electron chi connectivity index (χ1n) is 7.98. The molecule has 0 saturated heterocycles.